The third kappa shape index (κ3) is 3.93. The Morgan fingerprint density at radius 3 is 2.47 bits per heavy atom. The molecule has 2 aliphatic heterocycles. The third-order valence-corrected chi connectivity index (χ3v) is 7.99. The van der Waals surface area contributed by atoms with Gasteiger partial charge in [-0.05, 0) is 47.9 Å². The molecule has 0 saturated carbocycles. The number of amides is 2. The highest BCUT2D eigenvalue weighted by atomic mass is 32.2. The van der Waals surface area contributed by atoms with Crippen molar-refractivity contribution in [3.05, 3.63) is 89.5 Å². The predicted octanol–water partition coefficient (Wildman–Crippen LogP) is 2.33. The number of carbonyl (C=O) groups is 2. The van der Waals surface area contributed by atoms with Crippen LogP contribution in [0.15, 0.2) is 77.7 Å². The lowest BCUT2D eigenvalue weighted by Crippen LogP contribution is -2.49. The Bertz CT molecular complexity index is 1390. The average molecular weight is 478 g/mol. The number of primary amides is 1. The van der Waals surface area contributed by atoms with E-state index in [0.717, 1.165) is 11.1 Å². The number of rotatable bonds is 4. The van der Waals surface area contributed by atoms with Crippen molar-refractivity contribution < 1.29 is 22.7 Å². The van der Waals surface area contributed by atoms with Crippen LogP contribution in [-0.4, -0.2) is 43.7 Å². The average Bonchev–Trinajstić information content (AvgIpc) is 2.87. The largest absolute Gasteiger partial charge is 0.477 e. The van der Waals surface area contributed by atoms with Gasteiger partial charge in [-0.2, -0.15) is 4.31 Å². The number of benzene rings is 3. The Morgan fingerprint density at radius 1 is 0.941 bits per heavy atom. The molecule has 0 aliphatic carbocycles. The van der Waals surface area contributed by atoms with E-state index in [0.29, 0.717) is 24.4 Å². The molecule has 8 nitrogen and oxygen atoms in total. The van der Waals surface area contributed by atoms with E-state index in [9.17, 15) is 18.0 Å². The lowest BCUT2D eigenvalue weighted by Gasteiger charge is -2.33. The van der Waals surface area contributed by atoms with Crippen molar-refractivity contribution in [2.45, 2.75) is 24.0 Å². The first-order valence-corrected chi connectivity index (χ1v) is 12.3. The standard InChI is InChI=1S/C25H23N3O5S/c26-24(29)23-16-28(21-10-3-4-11-22(21)33-23)25(30)18-8-5-9-20(14-18)34(31,32)27-13-12-17-6-1-2-7-19(17)15-27/h1-11,14,23H,12-13,15-16H2,(H2,26,29)/t23-/m0/s1. The van der Waals surface area contributed by atoms with Crippen LogP contribution in [-0.2, 0) is 27.8 Å². The topological polar surface area (TPSA) is 110 Å². The smallest absolute Gasteiger partial charge is 0.260 e. The van der Waals surface area contributed by atoms with Gasteiger partial charge in [-0.3, -0.25) is 9.59 Å². The van der Waals surface area contributed by atoms with Crippen molar-refractivity contribution in [1.29, 1.82) is 0 Å². The molecular weight excluding hydrogens is 454 g/mol. The van der Waals surface area contributed by atoms with Crippen LogP contribution >= 0.6 is 0 Å². The van der Waals surface area contributed by atoms with E-state index in [1.807, 2.05) is 24.3 Å². The molecule has 0 radical (unpaired) electrons. The molecule has 2 amide bonds. The van der Waals surface area contributed by atoms with Crippen molar-refractivity contribution in [1.82, 2.24) is 4.31 Å². The zero-order valence-electron chi connectivity index (χ0n) is 18.3. The SMILES string of the molecule is NC(=O)[C@@H]1CN(C(=O)c2cccc(S(=O)(=O)N3CCc4ccccc4C3)c2)c2ccccc2O1. The Kier molecular flexibility index (Phi) is 5.59. The Morgan fingerprint density at radius 2 is 1.68 bits per heavy atom. The molecular formula is C25H23N3O5S. The summed E-state index contributed by atoms with van der Waals surface area (Å²) < 4.78 is 33.9. The Labute approximate surface area is 197 Å². The number of carbonyl (C=O) groups excluding carboxylic acids is 2. The predicted molar refractivity (Wildman–Crippen MR) is 126 cm³/mol. The molecule has 0 unspecified atom stereocenters. The van der Waals surface area contributed by atoms with Crippen molar-refractivity contribution >= 4 is 27.5 Å². The second kappa shape index (κ2) is 8.58. The molecule has 0 saturated heterocycles. The zero-order chi connectivity index (χ0) is 23.9. The maximum atomic E-state index is 13.5. The number of para-hydroxylation sites is 2. The van der Waals surface area contributed by atoms with Gasteiger partial charge in [-0.25, -0.2) is 8.42 Å². The summed E-state index contributed by atoms with van der Waals surface area (Å²) in [6, 6.07) is 20.6. The van der Waals surface area contributed by atoms with Gasteiger partial charge in [0.1, 0.15) is 5.75 Å². The summed E-state index contributed by atoms with van der Waals surface area (Å²) in [7, 11) is -3.81. The highest BCUT2D eigenvalue weighted by Gasteiger charge is 2.34. The summed E-state index contributed by atoms with van der Waals surface area (Å²) in [5, 5.41) is 0. The fourth-order valence-corrected chi connectivity index (χ4v) is 5.81. The fraction of sp³-hybridized carbons (Fsp3) is 0.200. The van der Waals surface area contributed by atoms with Crippen LogP contribution in [0.2, 0.25) is 0 Å². The number of hydrogen-bond acceptors (Lipinski definition) is 5. The molecule has 0 spiro atoms. The molecule has 34 heavy (non-hydrogen) atoms. The number of ether oxygens (including phenoxy) is 1. The monoisotopic (exact) mass is 477 g/mol. The number of nitrogens with two attached hydrogens (primary N) is 1. The second-order valence-electron chi connectivity index (χ2n) is 8.28. The first kappa shape index (κ1) is 22.1. The van der Waals surface area contributed by atoms with Gasteiger partial charge >= 0.3 is 0 Å². The molecule has 5 rings (SSSR count). The Balaban J connectivity index is 1.45. The molecule has 0 aromatic heterocycles. The minimum Gasteiger partial charge on any atom is -0.477 e. The van der Waals surface area contributed by atoms with Gasteiger partial charge in [-0.1, -0.05) is 42.5 Å². The second-order valence-corrected chi connectivity index (χ2v) is 10.2. The minimum absolute atomic E-state index is 0.0470. The molecule has 9 heteroatoms. The van der Waals surface area contributed by atoms with Crippen molar-refractivity contribution in [2.24, 2.45) is 5.73 Å². The van der Waals surface area contributed by atoms with Crippen LogP contribution in [0, 0.1) is 0 Å². The quantitative estimate of drug-likeness (QED) is 0.620. The summed E-state index contributed by atoms with van der Waals surface area (Å²) in [4.78, 5) is 26.7. The van der Waals surface area contributed by atoms with E-state index >= 15 is 0 Å². The molecule has 0 fully saturated rings. The van der Waals surface area contributed by atoms with E-state index in [2.05, 4.69) is 0 Å². The maximum Gasteiger partial charge on any atom is 0.260 e. The summed E-state index contributed by atoms with van der Waals surface area (Å²) >= 11 is 0. The zero-order valence-corrected chi connectivity index (χ0v) is 19.1. The number of hydrogen-bond donors (Lipinski definition) is 1. The third-order valence-electron chi connectivity index (χ3n) is 6.15. The van der Waals surface area contributed by atoms with Crippen molar-refractivity contribution in [3.63, 3.8) is 0 Å². The van der Waals surface area contributed by atoms with Crippen LogP contribution in [0.25, 0.3) is 0 Å². The lowest BCUT2D eigenvalue weighted by atomic mass is 10.0. The highest BCUT2D eigenvalue weighted by Crippen LogP contribution is 2.34. The summed E-state index contributed by atoms with van der Waals surface area (Å²) in [5.41, 5.74) is 8.25. The van der Waals surface area contributed by atoms with E-state index in [4.69, 9.17) is 10.5 Å². The Hall–Kier alpha value is -3.69. The van der Waals surface area contributed by atoms with Crippen molar-refractivity contribution in [2.75, 3.05) is 18.0 Å². The summed E-state index contributed by atoms with van der Waals surface area (Å²) in [6.45, 7) is 0.591. The van der Waals surface area contributed by atoms with Crippen LogP contribution < -0.4 is 15.4 Å². The lowest BCUT2D eigenvalue weighted by molar-refractivity contribution is -0.124. The molecule has 1 atom stereocenters. The molecule has 2 heterocycles. The van der Waals surface area contributed by atoms with Crippen LogP contribution in [0.4, 0.5) is 5.69 Å². The van der Waals surface area contributed by atoms with Gasteiger partial charge in [0.2, 0.25) is 10.0 Å². The van der Waals surface area contributed by atoms with Crippen LogP contribution in [0.1, 0.15) is 21.5 Å². The van der Waals surface area contributed by atoms with E-state index in [1.165, 1.54) is 21.3 Å². The fourth-order valence-electron chi connectivity index (χ4n) is 4.34. The highest BCUT2D eigenvalue weighted by molar-refractivity contribution is 7.89. The minimum atomic E-state index is -3.81. The molecule has 0 bridgehead atoms. The van der Waals surface area contributed by atoms with Gasteiger partial charge in [0, 0.05) is 18.7 Å². The van der Waals surface area contributed by atoms with Gasteiger partial charge in [0.25, 0.3) is 11.8 Å². The maximum absolute atomic E-state index is 13.5. The van der Waals surface area contributed by atoms with Gasteiger partial charge < -0.3 is 15.4 Å². The summed E-state index contributed by atoms with van der Waals surface area (Å²) in [5.74, 6) is -0.765. The number of nitrogens with zero attached hydrogens (tertiary/aromatic N) is 2. The first-order chi connectivity index (χ1) is 16.3. The first-order valence-electron chi connectivity index (χ1n) is 10.9. The molecule has 174 valence electrons. The molecule has 3 aromatic carbocycles. The van der Waals surface area contributed by atoms with Crippen LogP contribution in [0.3, 0.4) is 0 Å². The number of fused-ring (bicyclic) bond motifs is 2. The van der Waals surface area contributed by atoms with Gasteiger partial charge in [-0.15, -0.1) is 0 Å². The summed E-state index contributed by atoms with van der Waals surface area (Å²) in [6.07, 6.45) is -0.369. The molecule has 2 N–H and O–H groups in total. The van der Waals surface area contributed by atoms with Gasteiger partial charge in [0.05, 0.1) is 17.1 Å². The van der Waals surface area contributed by atoms with Crippen LogP contribution in [0.5, 0.6) is 5.75 Å². The number of sulfonamides is 1. The number of anilines is 1. The van der Waals surface area contributed by atoms with E-state index in [1.54, 1.807) is 36.4 Å². The molecule has 2 aliphatic rings. The van der Waals surface area contributed by atoms with E-state index in [-0.39, 0.29) is 23.5 Å². The molecule has 3 aromatic rings. The van der Waals surface area contributed by atoms with E-state index < -0.39 is 27.9 Å². The van der Waals surface area contributed by atoms with Gasteiger partial charge in [0.15, 0.2) is 6.10 Å². The normalized spacial score (nSPS) is 17.9. The van der Waals surface area contributed by atoms with Crippen molar-refractivity contribution in [3.8, 4) is 5.75 Å².